The Hall–Kier alpha value is -0.810. The van der Waals surface area contributed by atoms with Crippen molar-refractivity contribution in [1.82, 2.24) is 10.6 Å². The third-order valence-corrected chi connectivity index (χ3v) is 2.88. The van der Waals surface area contributed by atoms with Gasteiger partial charge in [0, 0.05) is 25.6 Å². The number of hydrogen-bond donors (Lipinski definition) is 2. The Morgan fingerprint density at radius 3 is 2.65 bits per heavy atom. The van der Waals surface area contributed by atoms with Crippen LogP contribution in [0.2, 0.25) is 0 Å². The number of hydrogen-bond acceptors (Lipinski definition) is 4. The van der Waals surface area contributed by atoms with Crippen molar-refractivity contribution < 1.29 is 14.3 Å². The number of nitrogens with one attached hydrogen (secondary N) is 2. The summed E-state index contributed by atoms with van der Waals surface area (Å²) in [5.41, 5.74) is -0.460. The van der Waals surface area contributed by atoms with Gasteiger partial charge in [0.25, 0.3) is 0 Å². The van der Waals surface area contributed by atoms with E-state index >= 15 is 0 Å². The molecule has 3 atom stereocenters. The highest BCUT2D eigenvalue weighted by Crippen LogP contribution is 2.17. The minimum absolute atomic E-state index is 0.0693. The Kier molecular flexibility index (Phi) is 4.77. The van der Waals surface area contributed by atoms with E-state index in [4.69, 9.17) is 9.47 Å². The van der Waals surface area contributed by atoms with Crippen LogP contribution in [0.3, 0.4) is 0 Å². The molecule has 0 bridgehead atoms. The van der Waals surface area contributed by atoms with Gasteiger partial charge >= 0.3 is 6.09 Å². The first kappa shape index (κ1) is 14.3. The number of ether oxygens (including phenoxy) is 2. The summed E-state index contributed by atoms with van der Waals surface area (Å²) in [5, 5.41) is 6.22. The Morgan fingerprint density at radius 2 is 2.12 bits per heavy atom. The minimum atomic E-state index is -0.460. The molecule has 0 aliphatic carbocycles. The molecule has 0 aromatic rings. The summed E-state index contributed by atoms with van der Waals surface area (Å²) in [6.45, 7) is 9.06. The topological polar surface area (TPSA) is 59.6 Å². The highest BCUT2D eigenvalue weighted by molar-refractivity contribution is 5.68. The minimum Gasteiger partial charge on any atom is -0.444 e. The fourth-order valence-corrected chi connectivity index (χ4v) is 2.03. The smallest absolute Gasteiger partial charge is 0.407 e. The molecule has 17 heavy (non-hydrogen) atoms. The van der Waals surface area contributed by atoms with E-state index < -0.39 is 5.60 Å². The highest BCUT2D eigenvalue weighted by atomic mass is 16.6. The molecule has 1 amide bonds. The summed E-state index contributed by atoms with van der Waals surface area (Å²) in [4.78, 5) is 11.7. The van der Waals surface area contributed by atoms with Gasteiger partial charge in [-0.05, 0) is 27.7 Å². The second-order valence-corrected chi connectivity index (χ2v) is 5.57. The standard InChI is InChI=1S/C12H24N2O3/c1-8-9(7-16-5)10(6-13-8)14-11(15)17-12(2,3)4/h8-10,13H,6-7H2,1-5H3,(H,14,15)/t8?,9-,10+/m1/s1. The maximum Gasteiger partial charge on any atom is 0.407 e. The molecule has 0 spiro atoms. The van der Waals surface area contributed by atoms with E-state index in [1.54, 1.807) is 7.11 Å². The van der Waals surface area contributed by atoms with Crippen LogP contribution in [0.5, 0.6) is 0 Å². The molecule has 0 radical (unpaired) electrons. The molecule has 0 aromatic carbocycles. The zero-order valence-corrected chi connectivity index (χ0v) is 11.4. The van der Waals surface area contributed by atoms with Gasteiger partial charge in [-0.15, -0.1) is 0 Å². The summed E-state index contributed by atoms with van der Waals surface area (Å²) in [6.07, 6.45) is -0.362. The van der Waals surface area contributed by atoms with Crippen molar-refractivity contribution in [1.29, 1.82) is 0 Å². The largest absolute Gasteiger partial charge is 0.444 e. The normalized spacial score (nSPS) is 29.1. The van der Waals surface area contributed by atoms with E-state index in [0.717, 1.165) is 6.54 Å². The summed E-state index contributed by atoms with van der Waals surface area (Å²) in [7, 11) is 1.68. The second kappa shape index (κ2) is 5.69. The number of methoxy groups -OCH3 is 1. The Morgan fingerprint density at radius 1 is 1.47 bits per heavy atom. The van der Waals surface area contributed by atoms with Crippen LogP contribution in [0.4, 0.5) is 4.79 Å². The fourth-order valence-electron chi connectivity index (χ4n) is 2.03. The third-order valence-electron chi connectivity index (χ3n) is 2.88. The summed E-state index contributed by atoms with van der Waals surface area (Å²) in [6, 6.07) is 0.412. The summed E-state index contributed by atoms with van der Waals surface area (Å²) >= 11 is 0. The van der Waals surface area contributed by atoms with Gasteiger partial charge in [0.2, 0.25) is 0 Å². The average Bonchev–Trinajstić information content (AvgIpc) is 2.47. The number of alkyl carbamates (subject to hydrolysis) is 1. The molecular formula is C12H24N2O3. The number of carbonyl (C=O) groups is 1. The molecule has 100 valence electrons. The van der Waals surface area contributed by atoms with Crippen molar-refractivity contribution in [2.45, 2.75) is 45.4 Å². The van der Waals surface area contributed by atoms with Crippen molar-refractivity contribution in [2.75, 3.05) is 20.3 Å². The fraction of sp³-hybridized carbons (Fsp3) is 0.917. The molecule has 1 aliphatic rings. The summed E-state index contributed by atoms with van der Waals surface area (Å²) in [5.74, 6) is 0.285. The molecule has 5 heteroatoms. The van der Waals surface area contributed by atoms with Crippen LogP contribution in [-0.4, -0.2) is 44.0 Å². The second-order valence-electron chi connectivity index (χ2n) is 5.57. The van der Waals surface area contributed by atoms with Crippen LogP contribution >= 0.6 is 0 Å². The molecule has 1 fully saturated rings. The van der Waals surface area contributed by atoms with Crippen LogP contribution in [0, 0.1) is 5.92 Å². The zero-order chi connectivity index (χ0) is 13.1. The molecule has 1 heterocycles. The van der Waals surface area contributed by atoms with Crippen LogP contribution in [0.25, 0.3) is 0 Å². The molecule has 2 N–H and O–H groups in total. The van der Waals surface area contributed by atoms with Gasteiger partial charge in [-0.25, -0.2) is 4.79 Å². The first-order valence-corrected chi connectivity index (χ1v) is 6.05. The molecule has 0 aromatic heterocycles. The lowest BCUT2D eigenvalue weighted by molar-refractivity contribution is 0.0475. The van der Waals surface area contributed by atoms with Crippen LogP contribution in [0.1, 0.15) is 27.7 Å². The van der Waals surface area contributed by atoms with Gasteiger partial charge in [0.1, 0.15) is 5.60 Å². The molecule has 1 rings (SSSR count). The summed E-state index contributed by atoms with van der Waals surface area (Å²) < 4.78 is 10.4. The molecule has 5 nitrogen and oxygen atoms in total. The molecule has 1 aliphatic heterocycles. The first-order chi connectivity index (χ1) is 7.83. The van der Waals surface area contributed by atoms with E-state index in [0.29, 0.717) is 12.6 Å². The Bertz CT molecular complexity index is 263. The maximum absolute atomic E-state index is 11.7. The Labute approximate surface area is 103 Å². The number of rotatable bonds is 3. The van der Waals surface area contributed by atoms with Gasteiger partial charge in [-0.2, -0.15) is 0 Å². The maximum atomic E-state index is 11.7. The van der Waals surface area contributed by atoms with E-state index in [-0.39, 0.29) is 18.1 Å². The lowest BCUT2D eigenvalue weighted by Gasteiger charge is -2.25. The molecular weight excluding hydrogens is 220 g/mol. The monoisotopic (exact) mass is 244 g/mol. The zero-order valence-electron chi connectivity index (χ0n) is 11.4. The molecule has 1 unspecified atom stereocenters. The highest BCUT2D eigenvalue weighted by Gasteiger charge is 2.34. The molecule has 0 saturated carbocycles. The van der Waals surface area contributed by atoms with Gasteiger partial charge in [0.15, 0.2) is 0 Å². The van der Waals surface area contributed by atoms with Gasteiger partial charge < -0.3 is 20.1 Å². The van der Waals surface area contributed by atoms with Crippen molar-refractivity contribution in [3.63, 3.8) is 0 Å². The van der Waals surface area contributed by atoms with Crippen LogP contribution in [-0.2, 0) is 9.47 Å². The van der Waals surface area contributed by atoms with E-state index in [2.05, 4.69) is 17.6 Å². The quantitative estimate of drug-likeness (QED) is 0.781. The van der Waals surface area contributed by atoms with E-state index in [1.165, 1.54) is 0 Å². The van der Waals surface area contributed by atoms with Crippen LogP contribution < -0.4 is 10.6 Å². The lowest BCUT2D eigenvalue weighted by Crippen LogP contribution is -2.44. The number of carbonyl (C=O) groups excluding carboxylic acids is 1. The SMILES string of the molecule is COC[C@@H]1C(C)NC[C@@H]1NC(=O)OC(C)(C)C. The van der Waals surface area contributed by atoms with Crippen molar-refractivity contribution in [3.05, 3.63) is 0 Å². The predicted molar refractivity (Wildman–Crippen MR) is 66.0 cm³/mol. The van der Waals surface area contributed by atoms with Crippen LogP contribution in [0.15, 0.2) is 0 Å². The third kappa shape index (κ3) is 4.52. The Balaban J connectivity index is 2.47. The number of amides is 1. The van der Waals surface area contributed by atoms with Crippen molar-refractivity contribution >= 4 is 6.09 Å². The van der Waals surface area contributed by atoms with E-state index in [9.17, 15) is 4.79 Å². The van der Waals surface area contributed by atoms with Gasteiger partial charge in [-0.3, -0.25) is 0 Å². The van der Waals surface area contributed by atoms with Crippen molar-refractivity contribution in [2.24, 2.45) is 5.92 Å². The lowest BCUT2D eigenvalue weighted by atomic mass is 9.99. The predicted octanol–water partition coefficient (Wildman–Crippen LogP) is 1.13. The van der Waals surface area contributed by atoms with Crippen molar-refractivity contribution in [3.8, 4) is 0 Å². The first-order valence-electron chi connectivity index (χ1n) is 6.05. The van der Waals surface area contributed by atoms with E-state index in [1.807, 2.05) is 20.8 Å². The van der Waals surface area contributed by atoms with Gasteiger partial charge in [-0.1, -0.05) is 0 Å². The van der Waals surface area contributed by atoms with Gasteiger partial charge in [0.05, 0.1) is 12.6 Å². The average molecular weight is 244 g/mol. The molecule has 1 saturated heterocycles.